The first-order chi connectivity index (χ1) is 7.90. The summed E-state index contributed by atoms with van der Waals surface area (Å²) in [4.78, 5) is 13.8. The maximum atomic E-state index is 11.4. The summed E-state index contributed by atoms with van der Waals surface area (Å²) in [5.74, 6) is -0.201. The predicted molar refractivity (Wildman–Crippen MR) is 72.0 cm³/mol. The van der Waals surface area contributed by atoms with Crippen molar-refractivity contribution in [2.45, 2.75) is 60.0 Å². The molecule has 0 aliphatic carbocycles. The van der Waals surface area contributed by atoms with Gasteiger partial charge in [-0.25, -0.2) is 4.79 Å². The van der Waals surface area contributed by atoms with E-state index >= 15 is 0 Å². The highest BCUT2D eigenvalue weighted by atomic mass is 16.5. The maximum absolute atomic E-state index is 11.4. The van der Waals surface area contributed by atoms with Crippen LogP contribution in [0.5, 0.6) is 0 Å². The van der Waals surface area contributed by atoms with Crippen molar-refractivity contribution in [3.63, 3.8) is 0 Å². The van der Waals surface area contributed by atoms with Crippen LogP contribution in [0.25, 0.3) is 0 Å². The minimum atomic E-state index is -0.201. The van der Waals surface area contributed by atoms with Crippen LogP contribution in [0.3, 0.4) is 0 Å². The Labute approximate surface area is 106 Å². The lowest BCUT2D eigenvalue weighted by Crippen LogP contribution is -2.37. The van der Waals surface area contributed by atoms with Gasteiger partial charge in [-0.2, -0.15) is 0 Å². The topological polar surface area (TPSA) is 29.5 Å². The Bertz CT molecular complexity index is 249. The molecule has 0 radical (unpaired) electrons. The molecule has 0 spiro atoms. The van der Waals surface area contributed by atoms with E-state index in [4.69, 9.17) is 4.74 Å². The summed E-state index contributed by atoms with van der Waals surface area (Å²) in [7, 11) is 0. The van der Waals surface area contributed by atoms with E-state index in [-0.39, 0.29) is 5.97 Å². The van der Waals surface area contributed by atoms with E-state index in [0.29, 0.717) is 24.3 Å². The van der Waals surface area contributed by atoms with Crippen LogP contribution in [-0.4, -0.2) is 36.1 Å². The van der Waals surface area contributed by atoms with E-state index in [1.165, 1.54) is 0 Å². The first-order valence-electron chi connectivity index (χ1n) is 6.49. The molecule has 0 rings (SSSR count). The number of nitrogens with zero attached hydrogens (tertiary/aromatic N) is 1. The minimum Gasteiger partial charge on any atom is -0.463 e. The average Bonchev–Trinajstić information content (AvgIpc) is 2.23. The molecule has 100 valence electrons. The molecule has 3 nitrogen and oxygen atoms in total. The lowest BCUT2D eigenvalue weighted by molar-refractivity contribution is -0.138. The fourth-order valence-electron chi connectivity index (χ4n) is 1.87. The van der Waals surface area contributed by atoms with Crippen molar-refractivity contribution >= 4 is 5.97 Å². The summed E-state index contributed by atoms with van der Waals surface area (Å²) in [6, 6.07) is 1.07. The second-order valence-corrected chi connectivity index (χ2v) is 4.82. The predicted octanol–water partition coefficient (Wildman–Crippen LogP) is 3.00. The summed E-state index contributed by atoms with van der Waals surface area (Å²) in [6.07, 6.45) is 2.86. The molecule has 17 heavy (non-hydrogen) atoms. The van der Waals surface area contributed by atoms with Crippen LogP contribution >= 0.6 is 0 Å². The van der Waals surface area contributed by atoms with Crippen LogP contribution in [0.1, 0.15) is 48.0 Å². The molecular weight excluding hydrogens is 214 g/mol. The Morgan fingerprint density at radius 1 is 1.24 bits per heavy atom. The number of carbonyl (C=O) groups excluding carboxylic acids is 1. The van der Waals surface area contributed by atoms with E-state index in [1.54, 1.807) is 0 Å². The normalized spacial score (nSPS) is 12.6. The lowest BCUT2D eigenvalue weighted by Gasteiger charge is -2.30. The first kappa shape index (κ1) is 16.2. The number of ether oxygens (including phenoxy) is 1. The molecule has 0 aliphatic heterocycles. The highest BCUT2D eigenvalue weighted by Crippen LogP contribution is 2.07. The number of esters is 1. The molecule has 0 atom stereocenters. The Morgan fingerprint density at radius 2 is 1.76 bits per heavy atom. The van der Waals surface area contributed by atoms with Crippen molar-refractivity contribution in [2.24, 2.45) is 0 Å². The Morgan fingerprint density at radius 3 is 2.18 bits per heavy atom. The van der Waals surface area contributed by atoms with Gasteiger partial charge in [0.15, 0.2) is 0 Å². The van der Waals surface area contributed by atoms with E-state index in [2.05, 4.69) is 32.6 Å². The van der Waals surface area contributed by atoms with Crippen molar-refractivity contribution < 1.29 is 9.53 Å². The quantitative estimate of drug-likeness (QED) is 0.507. The summed E-state index contributed by atoms with van der Waals surface area (Å²) in [5.41, 5.74) is 0.708. The molecule has 0 aromatic carbocycles. The summed E-state index contributed by atoms with van der Waals surface area (Å²) >= 11 is 0. The third-order valence-corrected chi connectivity index (χ3v) is 2.76. The summed E-state index contributed by atoms with van der Waals surface area (Å²) < 4.78 is 4.94. The van der Waals surface area contributed by atoms with Gasteiger partial charge in [0.1, 0.15) is 0 Å². The number of rotatable bonds is 7. The zero-order chi connectivity index (χ0) is 13.4. The second-order valence-electron chi connectivity index (χ2n) is 4.82. The van der Waals surface area contributed by atoms with Crippen molar-refractivity contribution in [2.75, 3.05) is 13.2 Å². The zero-order valence-electron chi connectivity index (χ0n) is 12.1. The Balaban J connectivity index is 4.19. The van der Waals surface area contributed by atoms with Crippen molar-refractivity contribution in [1.82, 2.24) is 4.90 Å². The zero-order valence-corrected chi connectivity index (χ0v) is 12.1. The SMILES string of the molecule is CCOC(=O)C(C)=CCCN(C(C)C)C(C)C. The molecule has 0 N–H and O–H groups in total. The molecular formula is C14H27NO2. The minimum absolute atomic E-state index is 0.201. The number of carbonyl (C=O) groups is 1. The molecule has 0 fully saturated rings. The standard InChI is InChI=1S/C14H27NO2/c1-7-17-14(16)13(6)9-8-10-15(11(2)3)12(4)5/h9,11-12H,7-8,10H2,1-6H3. The van der Waals surface area contributed by atoms with Gasteiger partial charge in [-0.3, -0.25) is 4.90 Å². The van der Waals surface area contributed by atoms with Crippen LogP contribution in [0.4, 0.5) is 0 Å². The van der Waals surface area contributed by atoms with Gasteiger partial charge in [0.05, 0.1) is 6.61 Å². The molecule has 0 aromatic heterocycles. The fourth-order valence-corrected chi connectivity index (χ4v) is 1.87. The maximum Gasteiger partial charge on any atom is 0.333 e. The monoisotopic (exact) mass is 241 g/mol. The van der Waals surface area contributed by atoms with Gasteiger partial charge < -0.3 is 4.74 Å². The van der Waals surface area contributed by atoms with Crippen molar-refractivity contribution in [3.05, 3.63) is 11.6 Å². The molecule has 0 saturated heterocycles. The van der Waals surface area contributed by atoms with E-state index in [9.17, 15) is 4.79 Å². The van der Waals surface area contributed by atoms with Crippen LogP contribution in [-0.2, 0) is 9.53 Å². The number of hydrogen-bond donors (Lipinski definition) is 0. The molecule has 3 heteroatoms. The average molecular weight is 241 g/mol. The molecule has 0 bridgehead atoms. The van der Waals surface area contributed by atoms with Crippen LogP contribution in [0.15, 0.2) is 11.6 Å². The van der Waals surface area contributed by atoms with E-state index in [0.717, 1.165) is 13.0 Å². The molecule has 0 amide bonds. The van der Waals surface area contributed by atoms with Gasteiger partial charge in [0, 0.05) is 24.2 Å². The van der Waals surface area contributed by atoms with Gasteiger partial charge in [0.2, 0.25) is 0 Å². The fraction of sp³-hybridized carbons (Fsp3) is 0.786. The smallest absolute Gasteiger partial charge is 0.333 e. The molecule has 0 saturated carbocycles. The van der Waals surface area contributed by atoms with E-state index in [1.807, 2.05) is 19.9 Å². The van der Waals surface area contributed by atoms with Crippen LogP contribution < -0.4 is 0 Å². The van der Waals surface area contributed by atoms with Gasteiger partial charge >= 0.3 is 5.97 Å². The van der Waals surface area contributed by atoms with Crippen LogP contribution in [0.2, 0.25) is 0 Å². The summed E-state index contributed by atoms with van der Waals surface area (Å²) in [6.45, 7) is 13.8. The summed E-state index contributed by atoms with van der Waals surface area (Å²) in [5, 5.41) is 0. The van der Waals surface area contributed by atoms with Crippen molar-refractivity contribution in [3.8, 4) is 0 Å². The third-order valence-electron chi connectivity index (χ3n) is 2.76. The highest BCUT2D eigenvalue weighted by Gasteiger charge is 2.12. The molecule has 0 aliphatic rings. The van der Waals surface area contributed by atoms with Gasteiger partial charge in [-0.1, -0.05) is 6.08 Å². The number of hydrogen-bond acceptors (Lipinski definition) is 3. The molecule has 0 aromatic rings. The Kier molecular flexibility index (Phi) is 7.88. The van der Waals surface area contributed by atoms with Crippen LogP contribution in [0, 0.1) is 0 Å². The third kappa shape index (κ3) is 6.47. The highest BCUT2D eigenvalue weighted by molar-refractivity contribution is 5.87. The largest absolute Gasteiger partial charge is 0.463 e. The van der Waals surface area contributed by atoms with Gasteiger partial charge in [-0.15, -0.1) is 0 Å². The Hall–Kier alpha value is -0.830. The molecule has 0 heterocycles. The van der Waals surface area contributed by atoms with Gasteiger partial charge in [-0.05, 0) is 48.0 Å². The molecule has 0 unspecified atom stereocenters. The first-order valence-corrected chi connectivity index (χ1v) is 6.49. The van der Waals surface area contributed by atoms with Crippen molar-refractivity contribution in [1.29, 1.82) is 0 Å². The van der Waals surface area contributed by atoms with Gasteiger partial charge in [0.25, 0.3) is 0 Å². The lowest BCUT2D eigenvalue weighted by atomic mass is 10.2. The van der Waals surface area contributed by atoms with E-state index < -0.39 is 0 Å². The second kappa shape index (κ2) is 8.29.